The Kier molecular flexibility index (Phi) is 4.52. The molecule has 0 bridgehead atoms. The Morgan fingerprint density at radius 3 is 2.64 bits per heavy atom. The predicted octanol–water partition coefficient (Wildman–Crippen LogP) is 3.82. The predicted molar refractivity (Wildman–Crippen MR) is 94.6 cm³/mol. The maximum atomic E-state index is 13.4. The molecule has 4 heterocycles. The fraction of sp³-hybridized carbons (Fsp3) is 0.368. The zero-order valence-electron chi connectivity index (χ0n) is 15.1. The lowest BCUT2D eigenvalue weighted by atomic mass is 9.98. The van der Waals surface area contributed by atoms with Crippen LogP contribution in [0.1, 0.15) is 52.7 Å². The number of amides is 1. The van der Waals surface area contributed by atoms with Crippen molar-refractivity contribution >= 4 is 11.6 Å². The number of nitrogens with zero attached hydrogens (tertiary/aromatic N) is 5. The lowest BCUT2D eigenvalue weighted by Crippen LogP contribution is -2.38. The smallest absolute Gasteiger partial charge is 0.330 e. The van der Waals surface area contributed by atoms with E-state index in [-0.39, 0.29) is 17.2 Å². The Morgan fingerprint density at radius 1 is 1.18 bits per heavy atom. The molecule has 1 fully saturated rings. The minimum atomic E-state index is -4.55. The van der Waals surface area contributed by atoms with Gasteiger partial charge in [-0.3, -0.25) is 9.78 Å². The van der Waals surface area contributed by atoms with Gasteiger partial charge in [0.15, 0.2) is 5.65 Å². The molecule has 1 saturated heterocycles. The summed E-state index contributed by atoms with van der Waals surface area (Å²) in [6, 6.07) is 5.39. The number of aryl methyl sites for hydroxylation is 1. The number of piperidine rings is 1. The zero-order chi connectivity index (χ0) is 19.9. The maximum Gasteiger partial charge on any atom is 0.433 e. The van der Waals surface area contributed by atoms with Crippen LogP contribution in [0.3, 0.4) is 0 Å². The number of halogens is 3. The van der Waals surface area contributed by atoms with Gasteiger partial charge in [-0.05, 0) is 44.4 Å². The number of carbonyl (C=O) groups excluding carboxylic acids is 1. The van der Waals surface area contributed by atoms with Crippen LogP contribution in [0.15, 0.2) is 36.7 Å². The highest BCUT2D eigenvalue weighted by Crippen LogP contribution is 2.34. The molecule has 0 spiro atoms. The summed E-state index contributed by atoms with van der Waals surface area (Å²) in [4.78, 5) is 22.7. The van der Waals surface area contributed by atoms with Gasteiger partial charge in [0.1, 0.15) is 5.69 Å². The third-order valence-corrected chi connectivity index (χ3v) is 4.90. The second-order valence-corrected chi connectivity index (χ2v) is 6.87. The molecule has 0 aromatic carbocycles. The van der Waals surface area contributed by atoms with E-state index in [4.69, 9.17) is 0 Å². The van der Waals surface area contributed by atoms with E-state index in [1.54, 1.807) is 35.5 Å². The SMILES string of the molecule is Cc1cc(C(F)(F)F)n2nc(C3CCCCN3C(=O)c3ccncc3)cc2n1. The monoisotopic (exact) mass is 389 g/mol. The summed E-state index contributed by atoms with van der Waals surface area (Å²) in [5.74, 6) is -0.177. The van der Waals surface area contributed by atoms with E-state index in [0.29, 0.717) is 24.2 Å². The average Bonchev–Trinajstić information content (AvgIpc) is 3.10. The summed E-state index contributed by atoms with van der Waals surface area (Å²) in [5.41, 5.74) is 0.439. The van der Waals surface area contributed by atoms with Gasteiger partial charge in [-0.2, -0.15) is 18.3 Å². The van der Waals surface area contributed by atoms with Crippen LogP contribution in [0.5, 0.6) is 0 Å². The standard InChI is InChI=1S/C19H18F3N5O/c1-12-10-16(19(20,21)22)27-17(24-12)11-14(25-27)15-4-2-3-9-26(15)18(28)13-5-7-23-8-6-13/h5-8,10-11,15H,2-4,9H2,1H3. The van der Waals surface area contributed by atoms with Crippen molar-refractivity contribution in [2.24, 2.45) is 0 Å². The lowest BCUT2D eigenvalue weighted by molar-refractivity contribution is -0.142. The molecule has 1 unspecified atom stereocenters. The number of fused-ring (bicyclic) bond motifs is 1. The first kappa shape index (κ1) is 18.4. The van der Waals surface area contributed by atoms with Gasteiger partial charge in [0.25, 0.3) is 5.91 Å². The first-order chi connectivity index (χ1) is 13.3. The van der Waals surface area contributed by atoms with E-state index >= 15 is 0 Å². The van der Waals surface area contributed by atoms with Gasteiger partial charge in [-0.1, -0.05) is 0 Å². The minimum absolute atomic E-state index is 0.129. The van der Waals surface area contributed by atoms with Crippen LogP contribution < -0.4 is 0 Å². The molecule has 1 atom stereocenters. The highest BCUT2D eigenvalue weighted by molar-refractivity contribution is 5.94. The van der Waals surface area contributed by atoms with Gasteiger partial charge < -0.3 is 4.90 Å². The van der Waals surface area contributed by atoms with Crippen molar-refractivity contribution in [2.75, 3.05) is 6.54 Å². The summed E-state index contributed by atoms with van der Waals surface area (Å²) >= 11 is 0. The van der Waals surface area contributed by atoms with Crippen molar-refractivity contribution < 1.29 is 18.0 Å². The highest BCUT2D eigenvalue weighted by Gasteiger charge is 2.36. The summed E-state index contributed by atoms with van der Waals surface area (Å²) < 4.78 is 41.1. The van der Waals surface area contributed by atoms with Gasteiger partial charge in [0.05, 0.1) is 11.7 Å². The Balaban J connectivity index is 1.76. The Bertz CT molecular complexity index is 1020. The molecule has 146 valence electrons. The van der Waals surface area contributed by atoms with E-state index in [9.17, 15) is 18.0 Å². The van der Waals surface area contributed by atoms with Crippen LogP contribution in [0.25, 0.3) is 5.65 Å². The Labute approximate surface area is 159 Å². The minimum Gasteiger partial charge on any atom is -0.330 e. The maximum absolute atomic E-state index is 13.4. The Morgan fingerprint density at radius 2 is 1.93 bits per heavy atom. The first-order valence-electron chi connectivity index (χ1n) is 9.00. The molecular formula is C19H18F3N5O. The molecule has 1 aliphatic heterocycles. The van der Waals surface area contributed by atoms with E-state index < -0.39 is 17.9 Å². The second kappa shape index (κ2) is 6.88. The molecule has 0 radical (unpaired) electrons. The molecule has 0 saturated carbocycles. The largest absolute Gasteiger partial charge is 0.433 e. The zero-order valence-corrected chi connectivity index (χ0v) is 15.1. The van der Waals surface area contributed by atoms with Crippen molar-refractivity contribution in [2.45, 2.75) is 38.4 Å². The van der Waals surface area contributed by atoms with Crippen molar-refractivity contribution in [3.63, 3.8) is 0 Å². The fourth-order valence-corrected chi connectivity index (χ4v) is 3.63. The van der Waals surface area contributed by atoms with Crippen LogP contribution in [0, 0.1) is 6.92 Å². The summed E-state index contributed by atoms with van der Waals surface area (Å²) in [7, 11) is 0. The van der Waals surface area contributed by atoms with E-state index in [2.05, 4.69) is 15.1 Å². The quantitative estimate of drug-likeness (QED) is 0.669. The highest BCUT2D eigenvalue weighted by atomic mass is 19.4. The summed E-state index contributed by atoms with van der Waals surface area (Å²) in [6.07, 6.45) is 0.886. The number of carbonyl (C=O) groups is 1. The molecule has 1 aliphatic rings. The van der Waals surface area contributed by atoms with Gasteiger partial charge in [-0.15, -0.1) is 0 Å². The number of hydrogen-bond donors (Lipinski definition) is 0. The molecule has 1 amide bonds. The van der Waals surface area contributed by atoms with E-state index in [1.807, 2.05) is 0 Å². The third kappa shape index (κ3) is 3.32. The number of alkyl halides is 3. The number of hydrogen-bond acceptors (Lipinski definition) is 4. The molecule has 3 aromatic heterocycles. The molecule has 3 aromatic rings. The van der Waals surface area contributed by atoms with Crippen molar-refractivity contribution in [1.29, 1.82) is 0 Å². The Hall–Kier alpha value is -2.97. The van der Waals surface area contributed by atoms with Crippen LogP contribution >= 0.6 is 0 Å². The average molecular weight is 389 g/mol. The summed E-state index contributed by atoms with van der Waals surface area (Å²) in [6.45, 7) is 2.04. The van der Waals surface area contributed by atoms with Gasteiger partial charge in [-0.25, -0.2) is 9.50 Å². The normalized spacial score (nSPS) is 17.9. The van der Waals surface area contributed by atoms with Crippen molar-refractivity contribution in [3.05, 3.63) is 59.3 Å². The van der Waals surface area contributed by atoms with Crippen LogP contribution in [-0.2, 0) is 6.18 Å². The van der Waals surface area contributed by atoms with Crippen molar-refractivity contribution in [3.8, 4) is 0 Å². The first-order valence-corrected chi connectivity index (χ1v) is 9.00. The van der Waals surface area contributed by atoms with Crippen molar-refractivity contribution in [1.82, 2.24) is 24.5 Å². The van der Waals surface area contributed by atoms with E-state index in [1.165, 1.54) is 6.92 Å². The van der Waals surface area contributed by atoms with Gasteiger partial charge in [0.2, 0.25) is 0 Å². The van der Waals surface area contributed by atoms with E-state index in [0.717, 1.165) is 23.4 Å². The fourth-order valence-electron chi connectivity index (χ4n) is 3.63. The third-order valence-electron chi connectivity index (χ3n) is 4.90. The number of likely N-dealkylation sites (tertiary alicyclic amines) is 1. The van der Waals surface area contributed by atoms with Crippen LogP contribution in [0.2, 0.25) is 0 Å². The number of pyridine rings is 1. The van der Waals surface area contributed by atoms with Gasteiger partial charge >= 0.3 is 6.18 Å². The number of aromatic nitrogens is 4. The molecule has 0 N–H and O–H groups in total. The molecular weight excluding hydrogens is 371 g/mol. The molecule has 9 heteroatoms. The molecule has 0 aliphatic carbocycles. The topological polar surface area (TPSA) is 63.4 Å². The molecule has 4 rings (SSSR count). The molecule has 28 heavy (non-hydrogen) atoms. The van der Waals surface area contributed by atoms with Gasteiger partial charge in [0, 0.05) is 36.3 Å². The summed E-state index contributed by atoms with van der Waals surface area (Å²) in [5, 5.41) is 4.20. The second-order valence-electron chi connectivity index (χ2n) is 6.87. The molecule has 6 nitrogen and oxygen atoms in total. The van der Waals surface area contributed by atoms with Crippen LogP contribution in [0.4, 0.5) is 13.2 Å². The number of rotatable bonds is 2. The van der Waals surface area contributed by atoms with Crippen LogP contribution in [-0.4, -0.2) is 36.9 Å². The lowest BCUT2D eigenvalue weighted by Gasteiger charge is -2.34.